The average Bonchev–Trinajstić information content (AvgIpc) is 4.20. The van der Waals surface area contributed by atoms with E-state index in [1.54, 1.807) is 31.7 Å². The van der Waals surface area contributed by atoms with Crippen molar-refractivity contribution >= 4 is 98.0 Å². The normalized spacial score (nSPS) is 16.4. The summed E-state index contributed by atoms with van der Waals surface area (Å²) in [6.45, 7) is 13.4. The SMILES string of the molecule is C.CC[C@H](O)CN(C)c1ccc(N2CCOCC2=O)cc1.CC[C@H](O)CN(C)c1ccc(N2CCOCC2=O)cc1.CC[C@H](O)CN(C)c1ccc(N2CCOCC2=O)cc1.CN(C[C@@H](O)CNC(=O)c1ccc(Cl)s1)c1ccc(N2CCOCC2=O)cc1. The first-order valence-electron chi connectivity index (χ1n) is 29.8. The fourth-order valence-electron chi connectivity index (χ4n) is 9.58. The maximum Gasteiger partial charge on any atom is 0.261 e. The van der Waals surface area contributed by atoms with Gasteiger partial charge in [-0.05, 0) is 128 Å². The molecule has 488 valence electrons. The van der Waals surface area contributed by atoms with E-state index in [0.29, 0.717) is 88.0 Å². The second-order valence-electron chi connectivity index (χ2n) is 21.6. The molecule has 0 unspecified atom stereocenters. The number of nitrogens with zero attached hydrogens (tertiary/aromatic N) is 8. The molecule has 0 bridgehead atoms. The molecule has 4 aliphatic rings. The Kier molecular flexibility index (Phi) is 30.5. The number of thiophene rings is 1. The smallest absolute Gasteiger partial charge is 0.261 e. The molecule has 5 heterocycles. The molecule has 22 nitrogen and oxygen atoms in total. The van der Waals surface area contributed by atoms with Gasteiger partial charge in [0, 0.05) is 133 Å². The number of carbonyl (C=O) groups is 5. The van der Waals surface area contributed by atoms with Gasteiger partial charge in [0.1, 0.15) is 26.4 Å². The van der Waals surface area contributed by atoms with Crippen molar-refractivity contribution in [3.05, 3.63) is 118 Å². The minimum absolute atomic E-state index is 0. The fourth-order valence-corrected chi connectivity index (χ4v) is 10.5. The van der Waals surface area contributed by atoms with Gasteiger partial charge in [-0.3, -0.25) is 24.0 Å². The second kappa shape index (κ2) is 37.3. The summed E-state index contributed by atoms with van der Waals surface area (Å²) in [4.78, 5) is 74.6. The van der Waals surface area contributed by atoms with Gasteiger partial charge in [0.2, 0.25) is 0 Å². The van der Waals surface area contributed by atoms with Gasteiger partial charge < -0.3 is 83.9 Å². The predicted molar refractivity (Wildman–Crippen MR) is 355 cm³/mol. The van der Waals surface area contributed by atoms with E-state index in [1.807, 2.05) is 166 Å². The van der Waals surface area contributed by atoms with E-state index in [9.17, 15) is 44.4 Å². The lowest BCUT2D eigenvalue weighted by molar-refractivity contribution is -0.126. The molecule has 5 amide bonds. The van der Waals surface area contributed by atoms with Gasteiger partial charge in [-0.25, -0.2) is 0 Å². The van der Waals surface area contributed by atoms with E-state index in [-0.39, 0.29) is 88.2 Å². The number of hydrogen-bond donors (Lipinski definition) is 5. The maximum atomic E-state index is 12.0. The lowest BCUT2D eigenvalue weighted by Crippen LogP contribution is -2.41. The predicted octanol–water partition coefficient (Wildman–Crippen LogP) is 6.40. The van der Waals surface area contributed by atoms with Crippen molar-refractivity contribution in [3.63, 3.8) is 0 Å². The standard InChI is InChI=1S/C19H22ClN3O4S.3C15H22N2O3.CH4/c1-22(11-15(24)10-21-19(26)16-6-7-17(20)28-16)13-2-4-14(5-3-13)23-8-9-27-12-18(23)25;3*1-3-14(18)10-16(2)12-4-6-13(7-5-12)17-8-9-20-11-15(17)19;/h2-7,15,24H,8-12H2,1H3,(H,21,26);3*4-7,14,18H,3,8-11H2,1-2H3;1H4/t15-;3*14-;/m0000./s1. The third-order valence-electron chi connectivity index (χ3n) is 15.0. The minimum Gasteiger partial charge on any atom is -0.391 e. The third kappa shape index (κ3) is 22.8. The zero-order valence-corrected chi connectivity index (χ0v) is 53.2. The van der Waals surface area contributed by atoms with Crippen molar-refractivity contribution < 1.29 is 63.3 Å². The number of benzene rings is 4. The van der Waals surface area contributed by atoms with Gasteiger partial charge in [-0.15, -0.1) is 11.3 Å². The molecule has 4 fully saturated rings. The topological polar surface area (TPSA) is 241 Å². The maximum absolute atomic E-state index is 12.0. The Morgan fingerprint density at radius 3 is 0.944 bits per heavy atom. The van der Waals surface area contributed by atoms with Crippen LogP contribution in [0.4, 0.5) is 45.5 Å². The van der Waals surface area contributed by atoms with Crippen LogP contribution in [0.5, 0.6) is 0 Å². The first-order chi connectivity index (χ1) is 42.3. The number of aliphatic hydroxyl groups excluding tert-OH is 4. The summed E-state index contributed by atoms with van der Waals surface area (Å²) >= 11 is 7.02. The molecule has 4 aliphatic heterocycles. The van der Waals surface area contributed by atoms with E-state index in [2.05, 4.69) is 5.32 Å². The lowest BCUT2D eigenvalue weighted by atomic mass is 10.2. The summed E-state index contributed by atoms with van der Waals surface area (Å²) in [6, 6.07) is 34.3. The molecule has 89 heavy (non-hydrogen) atoms. The van der Waals surface area contributed by atoms with Crippen LogP contribution in [0.15, 0.2) is 109 Å². The minimum atomic E-state index is -0.732. The molecule has 0 radical (unpaired) electrons. The Morgan fingerprint density at radius 2 is 0.719 bits per heavy atom. The zero-order chi connectivity index (χ0) is 63.7. The molecule has 5 N–H and O–H groups in total. The molecule has 5 aromatic rings. The number of ether oxygens (including phenoxy) is 4. The van der Waals surface area contributed by atoms with Crippen LogP contribution in [0, 0.1) is 0 Å². The van der Waals surface area contributed by atoms with Crippen molar-refractivity contribution in [3.8, 4) is 0 Å². The summed E-state index contributed by atoms with van der Waals surface area (Å²) in [7, 11) is 7.72. The van der Waals surface area contributed by atoms with E-state index in [4.69, 9.17) is 30.5 Å². The van der Waals surface area contributed by atoms with Crippen LogP contribution in [0.1, 0.15) is 57.1 Å². The first-order valence-corrected chi connectivity index (χ1v) is 31.0. The number of aliphatic hydroxyl groups is 4. The second-order valence-corrected chi connectivity index (χ2v) is 23.3. The van der Waals surface area contributed by atoms with Crippen LogP contribution in [0.25, 0.3) is 0 Å². The highest BCUT2D eigenvalue weighted by atomic mass is 35.5. The van der Waals surface area contributed by atoms with Crippen LogP contribution in [0.2, 0.25) is 4.34 Å². The first kappa shape index (κ1) is 72.8. The summed E-state index contributed by atoms with van der Waals surface area (Å²) in [5, 5.41) is 42.0. The zero-order valence-electron chi connectivity index (χ0n) is 51.7. The van der Waals surface area contributed by atoms with Crippen molar-refractivity contribution in [2.45, 2.75) is 71.9 Å². The van der Waals surface area contributed by atoms with Gasteiger partial charge in [-0.1, -0.05) is 39.8 Å². The summed E-state index contributed by atoms with van der Waals surface area (Å²) in [5.74, 6) is -0.306. The van der Waals surface area contributed by atoms with Gasteiger partial charge in [0.05, 0.1) is 60.1 Å². The molecule has 0 saturated carbocycles. The van der Waals surface area contributed by atoms with Crippen molar-refractivity contribution in [1.29, 1.82) is 0 Å². The molecule has 1 aromatic heterocycles. The number of carbonyl (C=O) groups excluding carboxylic acids is 5. The number of halogens is 1. The van der Waals surface area contributed by atoms with Crippen LogP contribution in [-0.4, -0.2) is 214 Å². The van der Waals surface area contributed by atoms with Gasteiger partial charge in [0.15, 0.2) is 0 Å². The molecule has 9 rings (SSSR count). The Bertz CT molecular complexity index is 2740. The number of hydrogen-bond acceptors (Lipinski definition) is 18. The molecule has 24 heteroatoms. The molecular formula is C65H92ClN9O13S. The Labute approximate surface area is 533 Å². The van der Waals surface area contributed by atoms with Gasteiger partial charge in [0.25, 0.3) is 29.5 Å². The molecule has 4 saturated heterocycles. The molecule has 4 atom stereocenters. The van der Waals surface area contributed by atoms with E-state index < -0.39 is 6.10 Å². The number of amides is 5. The van der Waals surface area contributed by atoms with Crippen LogP contribution in [0.3, 0.4) is 0 Å². The number of rotatable bonds is 22. The molecule has 0 spiro atoms. The van der Waals surface area contributed by atoms with Crippen molar-refractivity contribution in [2.24, 2.45) is 0 Å². The molecule has 4 aromatic carbocycles. The van der Waals surface area contributed by atoms with Crippen LogP contribution in [-0.2, 0) is 38.1 Å². The van der Waals surface area contributed by atoms with E-state index in [1.165, 1.54) is 11.3 Å². The third-order valence-corrected chi connectivity index (χ3v) is 16.2. The summed E-state index contributed by atoms with van der Waals surface area (Å²) in [5.41, 5.74) is 7.50. The highest BCUT2D eigenvalue weighted by molar-refractivity contribution is 7.18. The van der Waals surface area contributed by atoms with Crippen molar-refractivity contribution in [2.75, 3.05) is 179 Å². The summed E-state index contributed by atoms with van der Waals surface area (Å²) < 4.78 is 21.1. The van der Waals surface area contributed by atoms with E-state index >= 15 is 0 Å². The summed E-state index contributed by atoms with van der Waals surface area (Å²) in [6.07, 6.45) is 0.534. The lowest BCUT2D eigenvalue weighted by Gasteiger charge is -2.28. The largest absolute Gasteiger partial charge is 0.391 e. The van der Waals surface area contributed by atoms with Gasteiger partial charge >= 0.3 is 0 Å². The Hall–Kier alpha value is -6.90. The number of anilines is 8. The van der Waals surface area contributed by atoms with E-state index in [0.717, 1.165) is 64.8 Å². The average molecular weight is 1280 g/mol. The van der Waals surface area contributed by atoms with Crippen molar-refractivity contribution in [1.82, 2.24) is 5.32 Å². The number of likely N-dealkylation sites (N-methyl/N-ethyl adjacent to an activating group) is 4. The fraction of sp³-hybridized carbons (Fsp3) is 0.492. The monoisotopic (exact) mass is 1270 g/mol. The van der Waals surface area contributed by atoms with Crippen LogP contribution < -0.4 is 44.5 Å². The molecule has 0 aliphatic carbocycles. The number of morpholine rings is 4. The Morgan fingerprint density at radius 1 is 0.461 bits per heavy atom. The number of nitrogens with one attached hydrogen (secondary N) is 1. The highest BCUT2D eigenvalue weighted by Gasteiger charge is 2.24. The Balaban J connectivity index is 0.000000218. The quantitative estimate of drug-likeness (QED) is 0.0504. The van der Waals surface area contributed by atoms with Gasteiger partial charge in [-0.2, -0.15) is 0 Å². The van der Waals surface area contributed by atoms with Crippen LogP contribution >= 0.6 is 22.9 Å². The highest BCUT2D eigenvalue weighted by Crippen LogP contribution is 2.27. The molecular weight excluding hydrogens is 1180 g/mol.